The van der Waals surface area contributed by atoms with E-state index in [1.807, 2.05) is 17.8 Å². The third kappa shape index (κ3) is 2.62. The zero-order valence-electron chi connectivity index (χ0n) is 7.09. The summed E-state index contributed by atoms with van der Waals surface area (Å²) in [5, 5.41) is 1.08. The lowest BCUT2D eigenvalue weighted by Gasteiger charge is -1.95. The first-order valence-corrected chi connectivity index (χ1v) is 5.00. The van der Waals surface area contributed by atoms with Gasteiger partial charge in [-0.2, -0.15) is 0 Å². The predicted molar refractivity (Wildman–Crippen MR) is 49.1 cm³/mol. The van der Waals surface area contributed by atoms with E-state index < -0.39 is 0 Å². The molecule has 0 saturated carbocycles. The van der Waals surface area contributed by atoms with Gasteiger partial charge in [0.05, 0.1) is 6.26 Å². The van der Waals surface area contributed by atoms with Gasteiger partial charge in [0.2, 0.25) is 0 Å². The van der Waals surface area contributed by atoms with E-state index in [2.05, 4.69) is 13.8 Å². The van der Waals surface area contributed by atoms with Gasteiger partial charge in [-0.15, -0.1) is 0 Å². The van der Waals surface area contributed by atoms with Crippen molar-refractivity contribution >= 4 is 11.8 Å². The molecule has 0 radical (unpaired) electrons. The molecule has 0 unspecified atom stereocenters. The molecule has 0 fully saturated rings. The molecule has 1 heterocycles. The van der Waals surface area contributed by atoms with Gasteiger partial charge in [0, 0.05) is 11.3 Å². The van der Waals surface area contributed by atoms with E-state index >= 15 is 0 Å². The lowest BCUT2D eigenvalue weighted by atomic mass is 10.4. The Kier molecular flexibility index (Phi) is 3.57. The molecule has 0 spiro atoms. The van der Waals surface area contributed by atoms with E-state index in [9.17, 15) is 0 Å². The lowest BCUT2D eigenvalue weighted by Crippen LogP contribution is -1.77. The van der Waals surface area contributed by atoms with Gasteiger partial charge >= 0.3 is 0 Å². The highest BCUT2D eigenvalue weighted by Crippen LogP contribution is 2.23. The van der Waals surface area contributed by atoms with Crippen molar-refractivity contribution in [3.05, 3.63) is 17.9 Å². The van der Waals surface area contributed by atoms with Crippen LogP contribution in [0.15, 0.2) is 21.8 Å². The molecule has 0 N–H and O–H groups in total. The smallest absolute Gasteiger partial charge is 0.162 e. The zero-order chi connectivity index (χ0) is 8.10. The van der Waals surface area contributed by atoms with Gasteiger partial charge in [-0.3, -0.25) is 0 Å². The summed E-state index contributed by atoms with van der Waals surface area (Å²) in [7, 11) is 0. The zero-order valence-corrected chi connectivity index (χ0v) is 7.91. The van der Waals surface area contributed by atoms with Gasteiger partial charge < -0.3 is 4.42 Å². The number of unbranched alkanes of at least 4 members (excludes halogenated alkanes) is 1. The second-order valence-corrected chi connectivity index (χ2v) is 3.66. The number of furan rings is 1. The van der Waals surface area contributed by atoms with Crippen molar-refractivity contribution in [1.82, 2.24) is 0 Å². The van der Waals surface area contributed by atoms with E-state index in [0.29, 0.717) is 0 Å². The molecule has 0 aliphatic heterocycles. The van der Waals surface area contributed by atoms with Crippen molar-refractivity contribution in [2.24, 2.45) is 0 Å². The van der Waals surface area contributed by atoms with Gasteiger partial charge in [-0.25, -0.2) is 0 Å². The summed E-state index contributed by atoms with van der Waals surface area (Å²) in [5.41, 5.74) is 1.26. The summed E-state index contributed by atoms with van der Waals surface area (Å²) >= 11 is 1.81. The Bertz CT molecular complexity index is 205. The maximum Gasteiger partial charge on any atom is 0.162 e. The fourth-order valence-corrected chi connectivity index (χ4v) is 1.85. The average molecular weight is 170 g/mol. The normalized spacial score (nSPS) is 10.4. The Morgan fingerprint density at radius 3 is 2.91 bits per heavy atom. The highest BCUT2D eigenvalue weighted by molar-refractivity contribution is 7.99. The molecule has 1 rings (SSSR count). The van der Waals surface area contributed by atoms with Gasteiger partial charge in [0.1, 0.15) is 0 Å². The van der Waals surface area contributed by atoms with Gasteiger partial charge in [0.25, 0.3) is 0 Å². The fraction of sp³-hybridized carbons (Fsp3) is 0.556. The van der Waals surface area contributed by atoms with Crippen molar-refractivity contribution in [3.63, 3.8) is 0 Å². The molecule has 0 aromatic carbocycles. The Morgan fingerprint density at radius 2 is 2.36 bits per heavy atom. The number of thioether (sulfide) groups is 1. The van der Waals surface area contributed by atoms with Crippen LogP contribution in [-0.4, -0.2) is 5.75 Å². The van der Waals surface area contributed by atoms with Crippen molar-refractivity contribution in [2.75, 3.05) is 5.75 Å². The highest BCUT2D eigenvalue weighted by Gasteiger charge is 2.00. The van der Waals surface area contributed by atoms with E-state index in [-0.39, 0.29) is 0 Å². The number of rotatable bonds is 4. The van der Waals surface area contributed by atoms with Crippen molar-refractivity contribution in [3.8, 4) is 0 Å². The second-order valence-electron chi connectivity index (χ2n) is 2.59. The van der Waals surface area contributed by atoms with E-state index in [4.69, 9.17) is 4.42 Å². The van der Waals surface area contributed by atoms with Crippen LogP contribution in [-0.2, 0) is 0 Å². The van der Waals surface area contributed by atoms with Gasteiger partial charge in [0.15, 0.2) is 5.09 Å². The van der Waals surface area contributed by atoms with Crippen LogP contribution in [0.5, 0.6) is 0 Å². The van der Waals surface area contributed by atoms with Gasteiger partial charge in [-0.05, 0) is 19.4 Å². The first-order chi connectivity index (χ1) is 5.34. The van der Waals surface area contributed by atoms with E-state index in [1.54, 1.807) is 6.26 Å². The molecule has 2 heteroatoms. The number of hydrogen-bond acceptors (Lipinski definition) is 2. The molecule has 11 heavy (non-hydrogen) atoms. The van der Waals surface area contributed by atoms with Crippen LogP contribution < -0.4 is 0 Å². The maximum atomic E-state index is 5.27. The summed E-state index contributed by atoms with van der Waals surface area (Å²) in [6.45, 7) is 4.29. The summed E-state index contributed by atoms with van der Waals surface area (Å²) in [5.74, 6) is 1.17. The van der Waals surface area contributed by atoms with Gasteiger partial charge in [-0.1, -0.05) is 25.1 Å². The second kappa shape index (κ2) is 4.50. The number of aryl methyl sites for hydroxylation is 1. The maximum absolute atomic E-state index is 5.27. The summed E-state index contributed by atoms with van der Waals surface area (Å²) in [4.78, 5) is 0. The Labute approximate surface area is 72.2 Å². The summed E-state index contributed by atoms with van der Waals surface area (Å²) in [6, 6.07) is 2.01. The van der Waals surface area contributed by atoms with Crippen LogP contribution in [0.25, 0.3) is 0 Å². The number of hydrogen-bond donors (Lipinski definition) is 0. The van der Waals surface area contributed by atoms with Crippen molar-refractivity contribution in [1.29, 1.82) is 0 Å². The average Bonchev–Trinajstić information content (AvgIpc) is 2.37. The quantitative estimate of drug-likeness (QED) is 0.507. The highest BCUT2D eigenvalue weighted by atomic mass is 32.2. The monoisotopic (exact) mass is 170 g/mol. The molecule has 1 nitrogen and oxygen atoms in total. The Hall–Kier alpha value is -0.370. The minimum atomic E-state index is 1.08. The van der Waals surface area contributed by atoms with Crippen LogP contribution >= 0.6 is 11.8 Å². The molecular formula is C9H14OS. The summed E-state index contributed by atoms with van der Waals surface area (Å²) < 4.78 is 5.27. The third-order valence-corrected chi connectivity index (χ3v) is 2.72. The minimum Gasteiger partial charge on any atom is -0.458 e. The van der Waals surface area contributed by atoms with Crippen molar-refractivity contribution < 1.29 is 4.42 Å². The molecule has 1 aromatic heterocycles. The van der Waals surface area contributed by atoms with Crippen molar-refractivity contribution in [2.45, 2.75) is 31.8 Å². The molecule has 0 aliphatic carbocycles. The fourth-order valence-electron chi connectivity index (χ4n) is 0.816. The summed E-state index contributed by atoms with van der Waals surface area (Å²) in [6.07, 6.45) is 4.28. The molecule has 0 atom stereocenters. The minimum absolute atomic E-state index is 1.08. The van der Waals surface area contributed by atoms with E-state index in [0.717, 1.165) is 5.09 Å². The molecule has 62 valence electrons. The van der Waals surface area contributed by atoms with E-state index in [1.165, 1.54) is 24.2 Å². The molecule has 0 aliphatic rings. The SMILES string of the molecule is CCCCSc1occc1C. The standard InChI is InChI=1S/C9H14OS/c1-3-4-7-11-9-8(2)5-6-10-9/h5-6H,3-4,7H2,1-2H3. The van der Waals surface area contributed by atoms with Crippen LogP contribution in [0.4, 0.5) is 0 Å². The van der Waals surface area contributed by atoms with Crippen LogP contribution in [0, 0.1) is 6.92 Å². The predicted octanol–water partition coefficient (Wildman–Crippen LogP) is 3.48. The molecule has 0 bridgehead atoms. The Morgan fingerprint density at radius 1 is 1.55 bits per heavy atom. The molecule has 0 amide bonds. The Balaban J connectivity index is 2.32. The molecule has 1 aromatic rings. The van der Waals surface area contributed by atoms with Crippen LogP contribution in [0.2, 0.25) is 0 Å². The lowest BCUT2D eigenvalue weighted by molar-refractivity contribution is 0.470. The molecule has 0 saturated heterocycles. The van der Waals surface area contributed by atoms with Crippen LogP contribution in [0.3, 0.4) is 0 Å². The third-order valence-electron chi connectivity index (χ3n) is 1.55. The molecular weight excluding hydrogens is 156 g/mol. The van der Waals surface area contributed by atoms with Crippen LogP contribution in [0.1, 0.15) is 25.3 Å². The first-order valence-electron chi connectivity index (χ1n) is 4.01. The topological polar surface area (TPSA) is 13.1 Å². The largest absolute Gasteiger partial charge is 0.458 e. The first kappa shape index (κ1) is 8.72.